The van der Waals surface area contributed by atoms with Crippen LogP contribution in [0.2, 0.25) is 0 Å². The Kier molecular flexibility index (Phi) is 8.52. The van der Waals surface area contributed by atoms with Crippen LogP contribution in [0.1, 0.15) is 44.9 Å². The third-order valence-electron chi connectivity index (χ3n) is 8.07. The lowest BCUT2D eigenvalue weighted by Gasteiger charge is -2.15. The predicted octanol–water partition coefficient (Wildman–Crippen LogP) is 7.78. The molecule has 5 aromatic carbocycles. The fraction of sp³-hybridized carbons (Fsp3) is 0.132. The van der Waals surface area contributed by atoms with Gasteiger partial charge in [-0.05, 0) is 80.1 Å². The minimum absolute atomic E-state index is 0.101. The number of anilines is 3. The smallest absolute Gasteiger partial charge is 0.256 e. The molecule has 8 heteroatoms. The highest BCUT2D eigenvalue weighted by atomic mass is 16.2. The predicted molar refractivity (Wildman–Crippen MR) is 187 cm³/mol. The first-order chi connectivity index (χ1) is 22.4. The first-order valence-corrected chi connectivity index (χ1v) is 15.3. The van der Waals surface area contributed by atoms with E-state index in [2.05, 4.69) is 44.9 Å². The van der Waals surface area contributed by atoms with E-state index in [1.54, 1.807) is 6.07 Å². The summed E-state index contributed by atoms with van der Waals surface area (Å²) >= 11 is 0. The molecular formula is C38H35N5O3. The number of benzene rings is 5. The van der Waals surface area contributed by atoms with Gasteiger partial charge in [0, 0.05) is 70.1 Å². The molecule has 3 amide bonds. The van der Waals surface area contributed by atoms with Crippen LogP contribution in [-0.2, 0) is 6.54 Å². The van der Waals surface area contributed by atoms with Crippen LogP contribution in [0.25, 0.3) is 32.9 Å². The second kappa shape index (κ2) is 13.0. The van der Waals surface area contributed by atoms with E-state index < -0.39 is 17.7 Å². The number of carbonyl (C=O) groups excluding carboxylic acids is 3. The molecule has 0 aliphatic carbocycles. The summed E-state index contributed by atoms with van der Waals surface area (Å²) in [6, 6.07) is 34.1. The molecule has 230 valence electrons. The highest BCUT2D eigenvalue weighted by Gasteiger charge is 2.20. The molecule has 0 aliphatic heterocycles. The Morgan fingerprint density at radius 2 is 1.33 bits per heavy atom. The number of nitrogens with zero attached hydrogens (tertiary/aromatic N) is 1. The molecule has 0 radical (unpaired) electrons. The molecule has 46 heavy (non-hydrogen) atoms. The maximum absolute atomic E-state index is 13.5. The van der Waals surface area contributed by atoms with Gasteiger partial charge in [0.25, 0.3) is 17.7 Å². The highest BCUT2D eigenvalue weighted by Crippen LogP contribution is 2.32. The van der Waals surface area contributed by atoms with E-state index in [-0.39, 0.29) is 16.7 Å². The number of hydrogen-bond donors (Lipinski definition) is 4. The molecular weight excluding hydrogens is 574 g/mol. The van der Waals surface area contributed by atoms with Gasteiger partial charge < -0.3 is 25.8 Å². The SMILES string of the molecule is CCNc1ccc(NC(=O)c2ccc(C(=O)Nc3ccc4c(c3)c3ccccc3n4CC)c(C(=O)NC)c2)cc1-c1ccccc1. The maximum Gasteiger partial charge on any atom is 0.256 e. The lowest BCUT2D eigenvalue weighted by atomic mass is 10.0. The minimum atomic E-state index is -0.470. The van der Waals surface area contributed by atoms with Crippen molar-refractivity contribution in [2.24, 2.45) is 0 Å². The largest absolute Gasteiger partial charge is 0.385 e. The Morgan fingerprint density at radius 1 is 0.630 bits per heavy atom. The number of para-hydroxylation sites is 1. The lowest BCUT2D eigenvalue weighted by molar-refractivity contribution is 0.0948. The summed E-state index contributed by atoms with van der Waals surface area (Å²) in [6.07, 6.45) is 0. The molecule has 6 aromatic rings. The fourth-order valence-electron chi connectivity index (χ4n) is 5.90. The molecule has 0 fully saturated rings. The number of hydrogen-bond acceptors (Lipinski definition) is 4. The number of amides is 3. The molecule has 0 atom stereocenters. The van der Waals surface area contributed by atoms with E-state index in [0.29, 0.717) is 11.4 Å². The quantitative estimate of drug-likeness (QED) is 0.134. The summed E-state index contributed by atoms with van der Waals surface area (Å²) in [7, 11) is 1.49. The molecule has 0 saturated carbocycles. The molecule has 0 aliphatic rings. The van der Waals surface area contributed by atoms with Gasteiger partial charge in [-0.25, -0.2) is 0 Å². The van der Waals surface area contributed by atoms with Crippen LogP contribution in [0.4, 0.5) is 17.1 Å². The molecule has 0 saturated heterocycles. The first-order valence-electron chi connectivity index (χ1n) is 15.3. The summed E-state index contributed by atoms with van der Waals surface area (Å²) in [5, 5.41) is 14.0. The number of fused-ring (bicyclic) bond motifs is 3. The van der Waals surface area contributed by atoms with Gasteiger partial charge in [0.1, 0.15) is 0 Å². The van der Waals surface area contributed by atoms with Crippen molar-refractivity contribution in [1.82, 2.24) is 9.88 Å². The summed E-state index contributed by atoms with van der Waals surface area (Å²) in [4.78, 5) is 39.9. The number of aryl methyl sites for hydroxylation is 1. The van der Waals surface area contributed by atoms with Crippen LogP contribution in [0.5, 0.6) is 0 Å². The van der Waals surface area contributed by atoms with Gasteiger partial charge in [0.2, 0.25) is 0 Å². The molecule has 1 heterocycles. The Balaban J connectivity index is 1.27. The third-order valence-corrected chi connectivity index (χ3v) is 8.07. The maximum atomic E-state index is 13.5. The second-order valence-corrected chi connectivity index (χ2v) is 10.9. The standard InChI is InChI=1S/C38H35N5O3/c1-4-40-33-19-16-26(22-30(33)24-11-7-6-8-12-24)41-36(44)25-15-18-29(32(21-25)37(45)39-3)38(46)42-27-17-20-35-31(23-27)28-13-9-10-14-34(28)43(35)5-2/h6-23,40H,4-5H2,1-3H3,(H,39,45)(H,41,44)(H,42,46). The van der Waals surface area contributed by atoms with Crippen LogP contribution < -0.4 is 21.3 Å². The monoisotopic (exact) mass is 609 g/mol. The van der Waals surface area contributed by atoms with Crippen LogP contribution in [0, 0.1) is 0 Å². The molecule has 4 N–H and O–H groups in total. The molecule has 8 nitrogen and oxygen atoms in total. The van der Waals surface area contributed by atoms with Crippen molar-refractivity contribution in [1.29, 1.82) is 0 Å². The van der Waals surface area contributed by atoms with Gasteiger partial charge in [-0.2, -0.15) is 0 Å². The first kappa shape index (κ1) is 30.1. The molecule has 6 rings (SSSR count). The zero-order chi connectivity index (χ0) is 32.2. The zero-order valence-corrected chi connectivity index (χ0v) is 26.0. The summed E-state index contributed by atoms with van der Waals surface area (Å²) < 4.78 is 2.24. The van der Waals surface area contributed by atoms with Crippen molar-refractivity contribution in [3.63, 3.8) is 0 Å². The van der Waals surface area contributed by atoms with Crippen molar-refractivity contribution in [3.8, 4) is 11.1 Å². The Hall–Kier alpha value is -5.89. The lowest BCUT2D eigenvalue weighted by Crippen LogP contribution is -2.24. The number of aromatic nitrogens is 1. The molecule has 0 bridgehead atoms. The van der Waals surface area contributed by atoms with Crippen LogP contribution >= 0.6 is 0 Å². The van der Waals surface area contributed by atoms with Gasteiger partial charge in [-0.3, -0.25) is 14.4 Å². The van der Waals surface area contributed by atoms with Gasteiger partial charge in [-0.1, -0.05) is 48.5 Å². The van der Waals surface area contributed by atoms with Crippen molar-refractivity contribution in [2.75, 3.05) is 29.5 Å². The summed E-state index contributed by atoms with van der Waals surface area (Å²) in [5.74, 6) is -1.32. The van der Waals surface area contributed by atoms with Gasteiger partial charge in [0.15, 0.2) is 0 Å². The van der Waals surface area contributed by atoms with Crippen molar-refractivity contribution in [2.45, 2.75) is 20.4 Å². The Labute approximate surface area is 267 Å². The minimum Gasteiger partial charge on any atom is -0.385 e. The van der Waals surface area contributed by atoms with Crippen LogP contribution in [0.15, 0.2) is 109 Å². The third kappa shape index (κ3) is 5.80. The number of carbonyl (C=O) groups is 3. The topological polar surface area (TPSA) is 104 Å². The van der Waals surface area contributed by atoms with Crippen LogP contribution in [0.3, 0.4) is 0 Å². The Bertz CT molecular complexity index is 2100. The van der Waals surface area contributed by atoms with E-state index >= 15 is 0 Å². The summed E-state index contributed by atoms with van der Waals surface area (Å²) in [5.41, 5.74) is 6.86. The van der Waals surface area contributed by atoms with E-state index in [9.17, 15) is 14.4 Å². The average molecular weight is 610 g/mol. The summed E-state index contributed by atoms with van der Waals surface area (Å²) in [6.45, 7) is 5.71. The van der Waals surface area contributed by atoms with E-state index in [1.165, 1.54) is 19.2 Å². The number of nitrogens with one attached hydrogen (secondary N) is 4. The van der Waals surface area contributed by atoms with Gasteiger partial charge in [0.05, 0.1) is 11.1 Å². The van der Waals surface area contributed by atoms with Crippen molar-refractivity contribution in [3.05, 3.63) is 126 Å². The Morgan fingerprint density at radius 3 is 2.09 bits per heavy atom. The molecule has 0 unspecified atom stereocenters. The van der Waals surface area contributed by atoms with E-state index in [1.807, 2.05) is 85.8 Å². The van der Waals surface area contributed by atoms with E-state index in [4.69, 9.17) is 0 Å². The van der Waals surface area contributed by atoms with Crippen molar-refractivity contribution < 1.29 is 14.4 Å². The van der Waals surface area contributed by atoms with Crippen LogP contribution in [-0.4, -0.2) is 35.9 Å². The average Bonchev–Trinajstić information content (AvgIpc) is 3.41. The van der Waals surface area contributed by atoms with Crippen molar-refractivity contribution >= 4 is 56.6 Å². The fourth-order valence-corrected chi connectivity index (χ4v) is 5.90. The van der Waals surface area contributed by atoms with Gasteiger partial charge in [-0.15, -0.1) is 0 Å². The normalized spacial score (nSPS) is 10.9. The van der Waals surface area contributed by atoms with Gasteiger partial charge >= 0.3 is 0 Å². The molecule has 0 spiro atoms. The zero-order valence-electron chi connectivity index (χ0n) is 26.0. The second-order valence-electron chi connectivity index (χ2n) is 10.9. The highest BCUT2D eigenvalue weighted by molar-refractivity contribution is 6.15. The molecule has 1 aromatic heterocycles. The van der Waals surface area contributed by atoms with E-state index in [0.717, 1.165) is 51.7 Å². The number of rotatable bonds is 9.